The van der Waals surface area contributed by atoms with Crippen molar-refractivity contribution in [2.45, 2.75) is 24.9 Å². The molecule has 0 aromatic heterocycles. The molecule has 4 aromatic carbocycles. The van der Waals surface area contributed by atoms with E-state index in [-0.39, 0.29) is 33.1 Å². The van der Waals surface area contributed by atoms with Gasteiger partial charge in [0.1, 0.15) is 0 Å². The Labute approximate surface area is 247 Å². The summed E-state index contributed by atoms with van der Waals surface area (Å²) in [5.41, 5.74) is 9.19. The molecule has 0 aliphatic carbocycles. The Kier molecular flexibility index (Phi) is 9.50. The maximum Gasteiger partial charge on any atom is 0.0344 e. The molecule has 1 aliphatic rings. The van der Waals surface area contributed by atoms with Gasteiger partial charge in [-0.3, -0.25) is 0 Å². The SMILES string of the molecule is CN1c2ccccc2-c2[c-]c(ccc2)C(CC[S-])N(C)c2ccccc2-c2[c-]c(ccc2)C1CC[S-].[Pt]. The van der Waals surface area contributed by atoms with Crippen LogP contribution in [-0.4, -0.2) is 25.6 Å². The average molecular weight is 702 g/mol. The summed E-state index contributed by atoms with van der Waals surface area (Å²) in [6.07, 6.45) is 1.73. The first-order valence-corrected chi connectivity index (χ1v) is 13.6. The molecule has 194 valence electrons. The van der Waals surface area contributed by atoms with E-state index in [1.807, 2.05) is 0 Å². The van der Waals surface area contributed by atoms with Crippen LogP contribution in [0.2, 0.25) is 0 Å². The molecule has 0 amide bonds. The first kappa shape index (κ1) is 27.9. The fourth-order valence-electron chi connectivity index (χ4n) is 5.37. The van der Waals surface area contributed by atoms with E-state index in [1.165, 1.54) is 22.5 Å². The van der Waals surface area contributed by atoms with Gasteiger partial charge in [0.25, 0.3) is 0 Å². The summed E-state index contributed by atoms with van der Waals surface area (Å²) in [6, 6.07) is 38.0. The van der Waals surface area contributed by atoms with Crippen LogP contribution in [0.5, 0.6) is 0 Å². The van der Waals surface area contributed by atoms with Crippen molar-refractivity contribution in [1.82, 2.24) is 0 Å². The van der Waals surface area contributed by atoms with Crippen molar-refractivity contribution in [2.24, 2.45) is 0 Å². The number of para-hydroxylation sites is 2. The van der Waals surface area contributed by atoms with Gasteiger partial charge in [-0.2, -0.15) is 11.5 Å². The molecule has 0 saturated carbocycles. The molecule has 37 heavy (non-hydrogen) atoms. The molecule has 4 bridgehead atoms. The monoisotopic (exact) mass is 701 g/mol. The van der Waals surface area contributed by atoms with Gasteiger partial charge in [0.15, 0.2) is 0 Å². The predicted octanol–water partition coefficient (Wildman–Crippen LogP) is 7.16. The van der Waals surface area contributed by atoms with Crippen LogP contribution in [0.15, 0.2) is 84.9 Å². The average Bonchev–Trinajstić information content (AvgIpc) is 2.93. The van der Waals surface area contributed by atoms with Crippen molar-refractivity contribution in [3.63, 3.8) is 0 Å². The molecule has 0 spiro atoms. The third-order valence-electron chi connectivity index (χ3n) is 7.22. The van der Waals surface area contributed by atoms with Crippen LogP contribution in [0.3, 0.4) is 0 Å². The normalized spacial score (nSPS) is 16.8. The first-order valence-electron chi connectivity index (χ1n) is 12.5. The van der Waals surface area contributed by atoms with Crippen LogP contribution in [0, 0.1) is 12.1 Å². The zero-order chi connectivity index (χ0) is 25.1. The van der Waals surface area contributed by atoms with Gasteiger partial charge in [-0.25, -0.2) is 0 Å². The molecular formula is C32H30N2PtS2-4. The summed E-state index contributed by atoms with van der Waals surface area (Å²) >= 11 is 11.0. The Hall–Kier alpha value is -2.13. The summed E-state index contributed by atoms with van der Waals surface area (Å²) in [5, 5.41) is 0. The predicted molar refractivity (Wildman–Crippen MR) is 157 cm³/mol. The Morgan fingerprint density at radius 1 is 0.595 bits per heavy atom. The molecule has 2 unspecified atom stereocenters. The summed E-state index contributed by atoms with van der Waals surface area (Å²) in [4.78, 5) is 4.73. The third-order valence-corrected chi connectivity index (χ3v) is 7.69. The molecule has 4 aromatic rings. The Morgan fingerprint density at radius 3 is 1.41 bits per heavy atom. The zero-order valence-electron chi connectivity index (χ0n) is 21.1. The zero-order valence-corrected chi connectivity index (χ0v) is 25.0. The summed E-state index contributed by atoms with van der Waals surface area (Å²) < 4.78 is 0. The van der Waals surface area contributed by atoms with Crippen molar-refractivity contribution in [3.8, 4) is 22.3 Å². The molecule has 2 nitrogen and oxygen atoms in total. The van der Waals surface area contributed by atoms with Crippen molar-refractivity contribution in [3.05, 3.63) is 108 Å². The fraction of sp³-hybridized carbons (Fsp3) is 0.250. The molecule has 5 rings (SSSR count). The molecule has 0 radical (unpaired) electrons. The Balaban J connectivity index is 0.00000320. The Bertz CT molecular complexity index is 1240. The molecule has 0 N–H and O–H groups in total. The largest absolute Gasteiger partial charge is 0.793 e. The van der Waals surface area contributed by atoms with E-state index in [2.05, 4.69) is 121 Å². The van der Waals surface area contributed by atoms with Gasteiger partial charge >= 0.3 is 0 Å². The van der Waals surface area contributed by atoms with E-state index in [0.717, 1.165) is 35.1 Å². The summed E-state index contributed by atoms with van der Waals surface area (Å²) in [5.74, 6) is 1.36. The van der Waals surface area contributed by atoms with Gasteiger partial charge < -0.3 is 35.1 Å². The number of anilines is 2. The smallest absolute Gasteiger partial charge is 0.0344 e. The second-order valence-electron chi connectivity index (χ2n) is 9.31. The van der Waals surface area contributed by atoms with Crippen LogP contribution in [-0.2, 0) is 46.3 Å². The second kappa shape index (κ2) is 12.6. The maximum absolute atomic E-state index is 5.49. The molecule has 2 atom stereocenters. The van der Waals surface area contributed by atoms with E-state index in [1.54, 1.807) is 0 Å². The van der Waals surface area contributed by atoms with E-state index in [0.29, 0.717) is 11.5 Å². The molecule has 1 heterocycles. The van der Waals surface area contributed by atoms with Crippen molar-refractivity contribution < 1.29 is 21.1 Å². The third kappa shape index (κ3) is 5.67. The van der Waals surface area contributed by atoms with Crippen molar-refractivity contribution >= 4 is 36.6 Å². The second-order valence-corrected chi connectivity index (χ2v) is 10.1. The topological polar surface area (TPSA) is 6.48 Å². The number of benzene rings is 4. The van der Waals surface area contributed by atoms with Gasteiger partial charge in [-0.05, 0) is 12.1 Å². The van der Waals surface area contributed by atoms with Crippen LogP contribution in [0.25, 0.3) is 22.3 Å². The molecular weight excluding hydrogens is 672 g/mol. The van der Waals surface area contributed by atoms with Gasteiger partial charge in [-0.15, -0.1) is 70.8 Å². The van der Waals surface area contributed by atoms with Gasteiger partial charge in [0, 0.05) is 58.6 Å². The number of hydrogen-bond acceptors (Lipinski definition) is 4. The number of hydrogen-bond donors (Lipinski definition) is 0. The number of nitrogens with zero attached hydrogens (tertiary/aromatic N) is 2. The number of rotatable bonds is 4. The van der Waals surface area contributed by atoms with Crippen LogP contribution >= 0.6 is 0 Å². The van der Waals surface area contributed by atoms with Crippen LogP contribution in [0.1, 0.15) is 36.1 Å². The van der Waals surface area contributed by atoms with Crippen LogP contribution < -0.4 is 9.80 Å². The fourth-order valence-corrected chi connectivity index (χ4v) is 5.82. The van der Waals surface area contributed by atoms with Gasteiger partial charge in [0.05, 0.1) is 0 Å². The summed E-state index contributed by atoms with van der Waals surface area (Å²) in [7, 11) is 4.35. The van der Waals surface area contributed by atoms with Gasteiger partial charge in [-0.1, -0.05) is 60.4 Å². The molecule has 5 heteroatoms. The molecule has 0 fully saturated rings. The number of fused-ring (bicyclic) bond motifs is 8. The first-order chi connectivity index (χ1) is 17.6. The summed E-state index contributed by atoms with van der Waals surface area (Å²) in [6.45, 7) is 0. The minimum atomic E-state index is 0. The van der Waals surface area contributed by atoms with Gasteiger partial charge in [0.2, 0.25) is 0 Å². The van der Waals surface area contributed by atoms with E-state index in [9.17, 15) is 0 Å². The van der Waals surface area contributed by atoms with Crippen molar-refractivity contribution in [2.75, 3.05) is 35.4 Å². The minimum absolute atomic E-state index is 0. The minimum Gasteiger partial charge on any atom is -0.793 e. The maximum atomic E-state index is 5.49. The van der Waals surface area contributed by atoms with Crippen molar-refractivity contribution in [1.29, 1.82) is 0 Å². The molecule has 0 saturated heterocycles. The quantitative estimate of drug-likeness (QED) is 0.165. The van der Waals surface area contributed by atoms with Crippen LogP contribution in [0.4, 0.5) is 11.4 Å². The standard InChI is InChI=1S/C32H32N2S2.Pt/c1-33-29(17-19-35)25-11-7-10-24(21-25)28-14-4-6-16-32(28)34(2)30(18-20-36)26-12-8-9-23(22-26)27-13-3-5-15-31(27)33;/h3-16,29-30,35-36H,17-20H2,1-2H3;/q-2;/p-2. The Morgan fingerprint density at radius 2 is 1.00 bits per heavy atom. The van der Waals surface area contributed by atoms with E-state index in [4.69, 9.17) is 25.3 Å². The van der Waals surface area contributed by atoms with E-state index >= 15 is 0 Å². The molecule has 1 aliphatic heterocycles. The van der Waals surface area contributed by atoms with E-state index < -0.39 is 0 Å².